The number of urea groups is 1. The molecule has 3 atom stereocenters. The molecule has 0 bridgehead atoms. The maximum atomic E-state index is 13.7. The molecule has 13 heteroatoms. The summed E-state index contributed by atoms with van der Waals surface area (Å²) in [5.74, 6) is 2.37. The number of rotatable bonds is 9. The Balaban J connectivity index is 1.10. The minimum absolute atomic E-state index is 0.0447. The lowest BCUT2D eigenvalue weighted by Gasteiger charge is -2.33. The fourth-order valence-electron chi connectivity index (χ4n) is 7.06. The molecule has 4 heterocycles. The van der Waals surface area contributed by atoms with Gasteiger partial charge in [0.05, 0.1) is 35.8 Å². The number of piperidine rings is 1. The Hall–Kier alpha value is -5.61. The molecule has 1 aliphatic carbocycles. The number of ether oxygens (including phenoxy) is 2. The van der Waals surface area contributed by atoms with Crippen LogP contribution in [0.1, 0.15) is 94.3 Å². The van der Waals surface area contributed by atoms with Crippen molar-refractivity contribution in [3.8, 4) is 23.3 Å². The number of amides is 2. The SMILES string of the molecule is C[C@H]1CCCCN1c1nnc2ccc(O[C@@H]3CC[C@H](NC(=O)Nc4cc(C(C)(C)C)nn4-c4ccc(C#N)c(OCCO)c4)c4ccccc43)cn12. The molecule has 1 saturated heterocycles. The van der Waals surface area contributed by atoms with Crippen molar-refractivity contribution in [2.45, 2.75) is 83.4 Å². The predicted octanol–water partition coefficient (Wildman–Crippen LogP) is 6.61. The smallest absolute Gasteiger partial charge is 0.320 e. The monoisotopic (exact) mass is 703 g/mol. The first-order valence-corrected chi connectivity index (χ1v) is 18.0. The largest absolute Gasteiger partial charge is 0.490 e. The summed E-state index contributed by atoms with van der Waals surface area (Å²) in [7, 11) is 0. The second-order valence-corrected chi connectivity index (χ2v) is 14.5. The van der Waals surface area contributed by atoms with Crippen LogP contribution in [0.2, 0.25) is 0 Å². The van der Waals surface area contributed by atoms with Crippen molar-refractivity contribution in [2.24, 2.45) is 0 Å². The highest BCUT2D eigenvalue weighted by atomic mass is 16.5. The summed E-state index contributed by atoms with van der Waals surface area (Å²) in [5.41, 5.74) is 4.22. The van der Waals surface area contributed by atoms with Crippen LogP contribution in [-0.4, -0.2) is 61.3 Å². The first-order valence-electron chi connectivity index (χ1n) is 18.0. The van der Waals surface area contributed by atoms with Crippen molar-refractivity contribution in [3.05, 3.63) is 89.2 Å². The Morgan fingerprint density at radius 3 is 2.63 bits per heavy atom. The number of aromatic nitrogens is 5. The fraction of sp³-hybridized carbons (Fsp3) is 0.410. The second kappa shape index (κ2) is 14.6. The number of carbonyl (C=O) groups excluding carboxylic acids is 1. The molecule has 0 radical (unpaired) electrons. The lowest BCUT2D eigenvalue weighted by Crippen LogP contribution is -2.38. The highest BCUT2D eigenvalue weighted by Crippen LogP contribution is 2.39. The van der Waals surface area contributed by atoms with E-state index >= 15 is 0 Å². The maximum absolute atomic E-state index is 13.7. The maximum Gasteiger partial charge on any atom is 0.320 e. The van der Waals surface area contributed by atoms with Crippen molar-refractivity contribution in [2.75, 3.05) is 30.0 Å². The molecular weight excluding hydrogens is 658 g/mol. The first kappa shape index (κ1) is 34.8. The van der Waals surface area contributed by atoms with Gasteiger partial charge in [0.15, 0.2) is 5.65 Å². The highest BCUT2D eigenvalue weighted by molar-refractivity contribution is 5.89. The van der Waals surface area contributed by atoms with E-state index < -0.39 is 0 Å². The van der Waals surface area contributed by atoms with E-state index in [4.69, 9.17) is 14.6 Å². The Bertz CT molecular complexity index is 2110. The number of pyridine rings is 1. The van der Waals surface area contributed by atoms with Crippen molar-refractivity contribution >= 4 is 23.4 Å². The Labute approximate surface area is 303 Å². The van der Waals surface area contributed by atoms with Crippen molar-refractivity contribution in [3.63, 3.8) is 0 Å². The van der Waals surface area contributed by atoms with Gasteiger partial charge in [-0.3, -0.25) is 9.72 Å². The van der Waals surface area contributed by atoms with Gasteiger partial charge in [0, 0.05) is 30.1 Å². The third-order valence-corrected chi connectivity index (χ3v) is 9.84. The average Bonchev–Trinajstić information content (AvgIpc) is 3.76. The van der Waals surface area contributed by atoms with Crippen LogP contribution in [0.25, 0.3) is 11.3 Å². The normalized spacial score (nSPS) is 18.8. The number of nitrogens with zero attached hydrogens (tertiary/aromatic N) is 7. The van der Waals surface area contributed by atoms with Gasteiger partial charge >= 0.3 is 6.03 Å². The van der Waals surface area contributed by atoms with Crippen LogP contribution in [0.4, 0.5) is 16.6 Å². The van der Waals surface area contributed by atoms with E-state index in [0.717, 1.165) is 53.6 Å². The first-order chi connectivity index (χ1) is 25.1. The number of hydrogen-bond donors (Lipinski definition) is 3. The molecule has 3 aromatic heterocycles. The molecule has 0 saturated carbocycles. The number of aliphatic hydroxyl groups excluding tert-OH is 1. The standard InChI is InChI=1S/C39H45N9O4/c1-25-9-7-8-18-46(25)38-44-43-35-17-14-28(24-47(35)38)52-32-16-15-31(29-10-5-6-11-30(29)32)41-37(50)42-36-22-34(39(2,3)4)45-48(36)27-13-12-26(23-40)33(21-27)51-20-19-49/h5-6,10-14,17,21-22,24-25,31-32,49H,7-9,15-16,18-20H2,1-4H3,(H2,41,42,50)/t25-,31-,32+/m0/s1. The predicted molar refractivity (Wildman–Crippen MR) is 197 cm³/mol. The molecule has 2 aromatic carbocycles. The Kier molecular flexibility index (Phi) is 9.75. The summed E-state index contributed by atoms with van der Waals surface area (Å²) >= 11 is 0. The molecule has 7 rings (SSSR count). The number of benzene rings is 2. The molecule has 1 fully saturated rings. The summed E-state index contributed by atoms with van der Waals surface area (Å²) in [5, 5.41) is 38.8. The zero-order chi connectivity index (χ0) is 36.4. The van der Waals surface area contributed by atoms with Crippen LogP contribution < -0.4 is 25.0 Å². The summed E-state index contributed by atoms with van der Waals surface area (Å²) in [6.45, 7) is 9.21. The Morgan fingerprint density at radius 2 is 1.87 bits per heavy atom. The number of carbonyl (C=O) groups is 1. The second-order valence-electron chi connectivity index (χ2n) is 14.5. The summed E-state index contributed by atoms with van der Waals surface area (Å²) in [6.07, 6.45) is 6.67. The van der Waals surface area contributed by atoms with Crippen molar-refractivity contribution in [1.29, 1.82) is 5.26 Å². The molecule has 1 aliphatic heterocycles. The molecule has 5 aromatic rings. The van der Waals surface area contributed by atoms with E-state index in [0.29, 0.717) is 41.7 Å². The van der Waals surface area contributed by atoms with Gasteiger partial charge in [0.1, 0.15) is 36.1 Å². The number of hydrogen-bond acceptors (Lipinski definition) is 9. The molecule has 0 spiro atoms. The zero-order valence-corrected chi connectivity index (χ0v) is 30.0. The molecule has 52 heavy (non-hydrogen) atoms. The van der Waals surface area contributed by atoms with Crippen molar-refractivity contribution in [1.82, 2.24) is 29.7 Å². The lowest BCUT2D eigenvalue weighted by molar-refractivity contribution is 0.171. The Morgan fingerprint density at radius 1 is 1.04 bits per heavy atom. The van der Waals surface area contributed by atoms with E-state index in [9.17, 15) is 15.2 Å². The fourth-order valence-corrected chi connectivity index (χ4v) is 7.06. The zero-order valence-electron chi connectivity index (χ0n) is 30.0. The molecular formula is C39H45N9O4. The molecule has 270 valence electrons. The van der Waals surface area contributed by atoms with Gasteiger partial charge in [0.25, 0.3) is 0 Å². The molecule has 2 aliphatic rings. The molecule has 2 amide bonds. The minimum Gasteiger partial charge on any atom is -0.490 e. The summed E-state index contributed by atoms with van der Waals surface area (Å²) in [6, 6.07) is 20.8. The topological polar surface area (TPSA) is 155 Å². The van der Waals surface area contributed by atoms with Gasteiger partial charge < -0.3 is 24.8 Å². The molecule has 0 unspecified atom stereocenters. The van der Waals surface area contributed by atoms with E-state index in [1.54, 1.807) is 22.9 Å². The summed E-state index contributed by atoms with van der Waals surface area (Å²) < 4.78 is 15.9. The number of nitriles is 1. The van der Waals surface area contributed by atoms with Gasteiger partial charge in [-0.2, -0.15) is 10.4 Å². The minimum atomic E-state index is -0.372. The van der Waals surface area contributed by atoms with E-state index in [-0.39, 0.29) is 36.8 Å². The highest BCUT2D eigenvalue weighted by Gasteiger charge is 2.31. The third-order valence-electron chi connectivity index (χ3n) is 9.84. The van der Waals surface area contributed by atoms with Gasteiger partial charge in [-0.05, 0) is 74.4 Å². The van der Waals surface area contributed by atoms with Crippen LogP contribution in [0.5, 0.6) is 11.5 Å². The van der Waals surface area contributed by atoms with Crippen molar-refractivity contribution < 1.29 is 19.4 Å². The van der Waals surface area contributed by atoms with Gasteiger partial charge in [-0.1, -0.05) is 45.0 Å². The number of anilines is 2. The van der Waals surface area contributed by atoms with E-state index in [2.05, 4.69) is 44.8 Å². The third kappa shape index (κ3) is 7.11. The van der Waals surface area contributed by atoms with Gasteiger partial charge in [-0.25, -0.2) is 9.48 Å². The van der Waals surface area contributed by atoms with Crippen LogP contribution in [-0.2, 0) is 5.41 Å². The lowest BCUT2D eigenvalue weighted by atomic mass is 9.85. The summed E-state index contributed by atoms with van der Waals surface area (Å²) in [4.78, 5) is 16.0. The number of fused-ring (bicyclic) bond motifs is 2. The number of nitrogens with one attached hydrogen (secondary N) is 2. The van der Waals surface area contributed by atoms with Crippen LogP contribution in [0, 0.1) is 11.3 Å². The molecule has 3 N–H and O–H groups in total. The average molecular weight is 704 g/mol. The van der Waals surface area contributed by atoms with E-state index in [1.165, 1.54) is 6.42 Å². The molecule has 13 nitrogen and oxygen atoms in total. The van der Waals surface area contributed by atoms with Crippen LogP contribution in [0.3, 0.4) is 0 Å². The van der Waals surface area contributed by atoms with E-state index in [1.807, 2.05) is 67.8 Å². The van der Waals surface area contributed by atoms with Gasteiger partial charge in [0.2, 0.25) is 5.95 Å². The number of aliphatic hydroxyl groups is 1. The quantitative estimate of drug-likeness (QED) is 0.154. The van der Waals surface area contributed by atoms with Gasteiger partial charge in [-0.15, -0.1) is 10.2 Å². The van der Waals surface area contributed by atoms with Crippen LogP contribution >= 0.6 is 0 Å². The van der Waals surface area contributed by atoms with Crippen LogP contribution in [0.15, 0.2) is 66.9 Å².